The van der Waals surface area contributed by atoms with Crippen LogP contribution in [0.3, 0.4) is 0 Å². The third-order valence-corrected chi connectivity index (χ3v) is 5.02. The fraction of sp³-hybridized carbons (Fsp3) is 0.348. The summed E-state index contributed by atoms with van der Waals surface area (Å²) in [4.78, 5) is 24.5. The number of aromatic nitrogens is 1. The molecule has 0 N–H and O–H groups in total. The Labute approximate surface area is 176 Å². The summed E-state index contributed by atoms with van der Waals surface area (Å²) in [6.07, 6.45) is 2.55. The Morgan fingerprint density at radius 3 is 2.59 bits per heavy atom. The third-order valence-electron chi connectivity index (χ3n) is 4.69. The number of hydrogen-bond acceptors (Lipinski definition) is 4. The van der Waals surface area contributed by atoms with Crippen LogP contribution in [0.25, 0.3) is 6.08 Å². The molecule has 0 atom stereocenters. The molecule has 0 aliphatic rings. The molecule has 2 aromatic rings. The van der Waals surface area contributed by atoms with E-state index in [-0.39, 0.29) is 11.1 Å². The Hall–Kier alpha value is -2.84. The Bertz CT molecular complexity index is 980. The lowest BCUT2D eigenvalue weighted by Gasteiger charge is -2.11. The molecule has 0 saturated heterocycles. The molecule has 0 unspecified atom stereocenters. The molecule has 0 radical (unpaired) electrons. The maximum atomic E-state index is 12.3. The van der Waals surface area contributed by atoms with Crippen LogP contribution in [0, 0.1) is 31.1 Å². The molecule has 29 heavy (non-hydrogen) atoms. The monoisotopic (exact) mass is 412 g/mol. The minimum atomic E-state index is -0.833. The van der Waals surface area contributed by atoms with E-state index in [2.05, 4.69) is 18.4 Å². The van der Waals surface area contributed by atoms with E-state index in [9.17, 15) is 14.9 Å². The highest BCUT2D eigenvalue weighted by atomic mass is 35.5. The summed E-state index contributed by atoms with van der Waals surface area (Å²) in [7, 11) is 0. The van der Waals surface area contributed by atoms with Crippen molar-refractivity contribution in [2.24, 2.45) is 5.92 Å². The van der Waals surface area contributed by atoms with Crippen molar-refractivity contribution in [3.8, 4) is 6.07 Å². The molecule has 0 fully saturated rings. The van der Waals surface area contributed by atoms with Crippen LogP contribution in [0.15, 0.2) is 35.9 Å². The maximum absolute atomic E-state index is 12.3. The standard InChI is InChI=1S/C23H25ClN2O3/c1-15(2)9-10-26-16(3)11-18(17(26)4)12-19(13-25)23(28)29-14-22(27)20-7-5-6-8-21(20)24/h5-8,11-12,15H,9-10,14H2,1-4H3/b19-12+. The number of esters is 1. The van der Waals surface area contributed by atoms with Crippen molar-refractivity contribution >= 4 is 29.4 Å². The van der Waals surface area contributed by atoms with Crippen LogP contribution in [0.1, 0.15) is 47.6 Å². The average Bonchev–Trinajstić information content (AvgIpc) is 2.95. The summed E-state index contributed by atoms with van der Waals surface area (Å²) in [5, 5.41) is 9.69. The van der Waals surface area contributed by atoms with Gasteiger partial charge < -0.3 is 9.30 Å². The number of ketones is 1. The fourth-order valence-electron chi connectivity index (χ4n) is 2.97. The molecule has 1 heterocycles. The Morgan fingerprint density at radius 1 is 1.28 bits per heavy atom. The highest BCUT2D eigenvalue weighted by molar-refractivity contribution is 6.34. The van der Waals surface area contributed by atoms with Gasteiger partial charge in [-0.3, -0.25) is 4.79 Å². The van der Waals surface area contributed by atoms with Gasteiger partial charge in [0.05, 0.1) is 5.02 Å². The van der Waals surface area contributed by atoms with E-state index in [4.69, 9.17) is 16.3 Å². The summed E-state index contributed by atoms with van der Waals surface area (Å²) in [5.74, 6) is -0.677. The topological polar surface area (TPSA) is 72.1 Å². The number of Topliss-reactive ketones (excluding diaryl/α,β-unsaturated/α-hetero) is 1. The number of hydrogen-bond donors (Lipinski definition) is 0. The first kappa shape index (κ1) is 22.4. The number of rotatable bonds is 8. The number of ether oxygens (including phenoxy) is 1. The fourth-order valence-corrected chi connectivity index (χ4v) is 3.21. The normalized spacial score (nSPS) is 11.4. The predicted octanol–water partition coefficient (Wildman–Crippen LogP) is 5.14. The number of nitrogens with zero attached hydrogens (tertiary/aromatic N) is 2. The van der Waals surface area contributed by atoms with Crippen LogP contribution >= 0.6 is 11.6 Å². The zero-order valence-corrected chi connectivity index (χ0v) is 17.9. The number of carbonyl (C=O) groups excluding carboxylic acids is 2. The molecule has 2 rings (SSSR count). The lowest BCUT2D eigenvalue weighted by molar-refractivity contribution is -0.137. The Morgan fingerprint density at radius 2 is 1.97 bits per heavy atom. The molecular weight excluding hydrogens is 388 g/mol. The van der Waals surface area contributed by atoms with Crippen molar-refractivity contribution in [1.82, 2.24) is 4.57 Å². The van der Waals surface area contributed by atoms with Crippen LogP contribution in [0.2, 0.25) is 5.02 Å². The van der Waals surface area contributed by atoms with Gasteiger partial charge in [0.25, 0.3) is 0 Å². The maximum Gasteiger partial charge on any atom is 0.349 e. The van der Waals surface area contributed by atoms with Gasteiger partial charge in [-0.2, -0.15) is 5.26 Å². The smallest absolute Gasteiger partial charge is 0.349 e. The van der Waals surface area contributed by atoms with Gasteiger partial charge in [-0.25, -0.2) is 4.79 Å². The minimum Gasteiger partial charge on any atom is -0.453 e. The zero-order valence-electron chi connectivity index (χ0n) is 17.2. The van der Waals surface area contributed by atoms with Crippen LogP contribution in [-0.2, 0) is 16.1 Å². The van der Waals surface area contributed by atoms with Gasteiger partial charge in [-0.1, -0.05) is 37.6 Å². The van der Waals surface area contributed by atoms with E-state index < -0.39 is 18.4 Å². The number of nitriles is 1. The first-order valence-corrected chi connectivity index (χ1v) is 9.85. The molecule has 6 heteroatoms. The van der Waals surface area contributed by atoms with Crippen LogP contribution in [-0.4, -0.2) is 22.9 Å². The Balaban J connectivity index is 2.12. The molecule has 0 spiro atoms. The number of carbonyl (C=O) groups is 2. The van der Waals surface area contributed by atoms with Gasteiger partial charge in [0, 0.05) is 23.5 Å². The summed E-state index contributed by atoms with van der Waals surface area (Å²) >= 11 is 5.98. The molecule has 1 aromatic carbocycles. The quantitative estimate of drug-likeness (QED) is 0.260. The molecule has 0 bridgehead atoms. The van der Waals surface area contributed by atoms with Crippen LogP contribution < -0.4 is 0 Å². The molecule has 0 aliphatic heterocycles. The summed E-state index contributed by atoms with van der Waals surface area (Å²) in [6, 6.07) is 10.3. The summed E-state index contributed by atoms with van der Waals surface area (Å²) in [5.41, 5.74) is 2.96. The highest BCUT2D eigenvalue weighted by Crippen LogP contribution is 2.20. The first-order valence-electron chi connectivity index (χ1n) is 9.48. The lowest BCUT2D eigenvalue weighted by Crippen LogP contribution is -2.15. The third kappa shape index (κ3) is 5.82. The van der Waals surface area contributed by atoms with Gasteiger partial charge in [0.1, 0.15) is 11.6 Å². The van der Waals surface area contributed by atoms with Crippen LogP contribution in [0.4, 0.5) is 0 Å². The van der Waals surface area contributed by atoms with E-state index in [0.29, 0.717) is 10.9 Å². The zero-order chi connectivity index (χ0) is 21.6. The largest absolute Gasteiger partial charge is 0.453 e. The number of benzene rings is 1. The van der Waals surface area contributed by atoms with E-state index in [0.717, 1.165) is 29.9 Å². The summed E-state index contributed by atoms with van der Waals surface area (Å²) < 4.78 is 7.22. The SMILES string of the molecule is Cc1cc(/C=C(\C#N)C(=O)OCC(=O)c2ccccc2Cl)c(C)n1CCC(C)C. The molecule has 0 amide bonds. The van der Waals surface area contributed by atoms with Gasteiger partial charge in [-0.05, 0) is 56.0 Å². The van der Waals surface area contributed by atoms with Crippen LogP contribution in [0.5, 0.6) is 0 Å². The molecule has 152 valence electrons. The first-order chi connectivity index (χ1) is 13.7. The number of halogens is 1. The lowest BCUT2D eigenvalue weighted by atomic mass is 10.1. The molecule has 0 aliphatic carbocycles. The highest BCUT2D eigenvalue weighted by Gasteiger charge is 2.17. The van der Waals surface area contributed by atoms with Crippen molar-refractivity contribution < 1.29 is 14.3 Å². The van der Waals surface area contributed by atoms with E-state index in [1.165, 1.54) is 6.08 Å². The average molecular weight is 413 g/mol. The Kier molecular flexibility index (Phi) is 7.81. The minimum absolute atomic E-state index is 0.152. The van der Waals surface area contributed by atoms with Crippen molar-refractivity contribution in [3.05, 3.63) is 63.4 Å². The van der Waals surface area contributed by atoms with Crippen molar-refractivity contribution in [3.63, 3.8) is 0 Å². The van der Waals surface area contributed by atoms with E-state index >= 15 is 0 Å². The molecular formula is C23H25ClN2O3. The van der Waals surface area contributed by atoms with Gasteiger partial charge >= 0.3 is 5.97 Å². The van der Waals surface area contributed by atoms with Crippen molar-refractivity contribution in [2.45, 2.75) is 40.7 Å². The van der Waals surface area contributed by atoms with E-state index in [1.807, 2.05) is 26.0 Å². The van der Waals surface area contributed by atoms with Gasteiger partial charge in [0.2, 0.25) is 5.78 Å². The van der Waals surface area contributed by atoms with Gasteiger partial charge in [0.15, 0.2) is 6.61 Å². The van der Waals surface area contributed by atoms with Crippen molar-refractivity contribution in [2.75, 3.05) is 6.61 Å². The predicted molar refractivity (Wildman–Crippen MR) is 114 cm³/mol. The molecule has 1 aromatic heterocycles. The van der Waals surface area contributed by atoms with Gasteiger partial charge in [-0.15, -0.1) is 0 Å². The molecule has 0 saturated carbocycles. The second-order valence-electron chi connectivity index (χ2n) is 7.31. The number of aryl methyl sites for hydroxylation is 1. The summed E-state index contributed by atoms with van der Waals surface area (Å²) in [6.45, 7) is 8.69. The van der Waals surface area contributed by atoms with E-state index in [1.54, 1.807) is 24.3 Å². The van der Waals surface area contributed by atoms with Crippen molar-refractivity contribution in [1.29, 1.82) is 5.26 Å². The molecule has 5 nitrogen and oxygen atoms in total. The second kappa shape index (κ2) is 10.1. The second-order valence-corrected chi connectivity index (χ2v) is 7.72.